The topological polar surface area (TPSA) is 46.9 Å². The number of hydrogen-bond acceptors (Lipinski definition) is 2. The lowest BCUT2D eigenvalue weighted by Gasteiger charge is -2.01. The summed E-state index contributed by atoms with van der Waals surface area (Å²) in [5, 5.41) is 6.74. The van der Waals surface area contributed by atoms with Crippen molar-refractivity contribution in [1.29, 1.82) is 0 Å². The van der Waals surface area contributed by atoms with E-state index in [1.54, 1.807) is 17.0 Å². The van der Waals surface area contributed by atoms with Crippen molar-refractivity contribution in [2.45, 2.75) is 13.5 Å². The van der Waals surface area contributed by atoms with Crippen LogP contribution < -0.4 is 5.32 Å². The van der Waals surface area contributed by atoms with Crippen LogP contribution in [0, 0.1) is 0 Å². The molecule has 0 fully saturated rings. The minimum atomic E-state index is -0.0605. The highest BCUT2D eigenvalue weighted by Gasteiger charge is 1.93. The zero-order chi connectivity index (χ0) is 9.52. The molecule has 0 unspecified atom stereocenters. The van der Waals surface area contributed by atoms with E-state index in [0.717, 1.165) is 0 Å². The Balaban J connectivity index is 2.18. The first-order valence-electron chi connectivity index (χ1n) is 4.21. The van der Waals surface area contributed by atoms with Crippen molar-refractivity contribution in [3.05, 3.63) is 30.6 Å². The molecule has 0 atom stereocenters. The Morgan fingerprint density at radius 1 is 1.69 bits per heavy atom. The third-order valence-electron chi connectivity index (χ3n) is 1.52. The number of carbonyl (C=O) groups is 1. The molecule has 1 amide bonds. The second kappa shape index (κ2) is 5.13. The number of amides is 1. The minimum absolute atomic E-state index is 0.0605. The Kier molecular flexibility index (Phi) is 3.75. The molecule has 1 N–H and O–H groups in total. The van der Waals surface area contributed by atoms with E-state index in [0.29, 0.717) is 13.1 Å². The average molecular weight is 179 g/mol. The second-order valence-electron chi connectivity index (χ2n) is 2.56. The van der Waals surface area contributed by atoms with Crippen LogP contribution in [-0.2, 0) is 11.3 Å². The van der Waals surface area contributed by atoms with E-state index in [1.165, 1.54) is 6.08 Å². The Morgan fingerprint density at radius 3 is 3.15 bits per heavy atom. The lowest BCUT2D eigenvalue weighted by Crippen LogP contribution is -2.25. The molecule has 1 aromatic heterocycles. The van der Waals surface area contributed by atoms with Crippen LogP contribution >= 0.6 is 0 Å². The van der Waals surface area contributed by atoms with Crippen molar-refractivity contribution in [2.24, 2.45) is 0 Å². The van der Waals surface area contributed by atoms with Crippen LogP contribution in [0.5, 0.6) is 0 Å². The van der Waals surface area contributed by atoms with Crippen molar-refractivity contribution in [3.63, 3.8) is 0 Å². The Labute approximate surface area is 77.3 Å². The van der Waals surface area contributed by atoms with Gasteiger partial charge in [0.1, 0.15) is 0 Å². The van der Waals surface area contributed by atoms with E-state index in [9.17, 15) is 4.79 Å². The predicted molar refractivity (Wildman–Crippen MR) is 50.1 cm³/mol. The van der Waals surface area contributed by atoms with Crippen LogP contribution in [0.2, 0.25) is 0 Å². The summed E-state index contributed by atoms with van der Waals surface area (Å²) >= 11 is 0. The van der Waals surface area contributed by atoms with E-state index >= 15 is 0 Å². The zero-order valence-corrected chi connectivity index (χ0v) is 7.60. The molecule has 13 heavy (non-hydrogen) atoms. The maximum Gasteiger partial charge on any atom is 0.243 e. The normalized spacial score (nSPS) is 10.5. The molecule has 1 rings (SSSR count). The number of hydrogen-bond donors (Lipinski definition) is 1. The number of allylic oxidation sites excluding steroid dienone is 1. The van der Waals surface area contributed by atoms with Gasteiger partial charge in [0.05, 0.1) is 6.54 Å². The molecule has 4 nitrogen and oxygen atoms in total. The largest absolute Gasteiger partial charge is 0.351 e. The van der Waals surface area contributed by atoms with Gasteiger partial charge in [0.2, 0.25) is 5.91 Å². The molecule has 0 aliphatic heterocycles. The molecule has 0 bridgehead atoms. The van der Waals surface area contributed by atoms with E-state index in [4.69, 9.17) is 0 Å². The van der Waals surface area contributed by atoms with Crippen LogP contribution in [-0.4, -0.2) is 22.2 Å². The molecular formula is C9H13N3O. The van der Waals surface area contributed by atoms with Crippen molar-refractivity contribution in [1.82, 2.24) is 15.1 Å². The lowest BCUT2D eigenvalue weighted by atomic mass is 10.5. The summed E-state index contributed by atoms with van der Waals surface area (Å²) in [4.78, 5) is 10.9. The van der Waals surface area contributed by atoms with Gasteiger partial charge < -0.3 is 5.32 Å². The maximum atomic E-state index is 10.9. The van der Waals surface area contributed by atoms with Gasteiger partial charge in [-0.2, -0.15) is 5.10 Å². The molecule has 70 valence electrons. The Bertz CT molecular complexity index is 277. The number of rotatable bonds is 4. The molecule has 0 aliphatic rings. The number of carbonyl (C=O) groups excluding carboxylic acids is 1. The number of nitrogens with one attached hydrogen (secondary N) is 1. The monoisotopic (exact) mass is 179 g/mol. The van der Waals surface area contributed by atoms with Gasteiger partial charge in [-0.3, -0.25) is 9.48 Å². The van der Waals surface area contributed by atoms with Crippen LogP contribution in [0.4, 0.5) is 0 Å². The maximum absolute atomic E-state index is 10.9. The molecule has 0 radical (unpaired) electrons. The smallest absolute Gasteiger partial charge is 0.243 e. The van der Waals surface area contributed by atoms with E-state index in [2.05, 4.69) is 10.4 Å². The van der Waals surface area contributed by atoms with Crippen molar-refractivity contribution in [2.75, 3.05) is 6.54 Å². The molecular weight excluding hydrogens is 166 g/mol. The lowest BCUT2D eigenvalue weighted by molar-refractivity contribution is -0.116. The van der Waals surface area contributed by atoms with Crippen LogP contribution in [0.15, 0.2) is 30.6 Å². The van der Waals surface area contributed by atoms with Gasteiger partial charge in [0, 0.05) is 18.9 Å². The van der Waals surface area contributed by atoms with Crippen LogP contribution in [0.25, 0.3) is 0 Å². The number of aromatic nitrogens is 2. The summed E-state index contributed by atoms with van der Waals surface area (Å²) in [6, 6.07) is 1.85. The fourth-order valence-corrected chi connectivity index (χ4v) is 0.937. The third-order valence-corrected chi connectivity index (χ3v) is 1.52. The Morgan fingerprint density at radius 2 is 2.54 bits per heavy atom. The molecule has 0 saturated heterocycles. The fraction of sp³-hybridized carbons (Fsp3) is 0.333. The zero-order valence-electron chi connectivity index (χ0n) is 7.60. The summed E-state index contributed by atoms with van der Waals surface area (Å²) in [6.45, 7) is 3.12. The molecule has 1 heterocycles. The first-order chi connectivity index (χ1) is 6.33. The quantitative estimate of drug-likeness (QED) is 0.687. The Hall–Kier alpha value is -1.58. The van der Waals surface area contributed by atoms with Crippen molar-refractivity contribution >= 4 is 5.91 Å². The highest BCUT2D eigenvalue weighted by Crippen LogP contribution is 1.82. The van der Waals surface area contributed by atoms with Gasteiger partial charge in [-0.1, -0.05) is 6.08 Å². The van der Waals surface area contributed by atoms with Crippen molar-refractivity contribution in [3.8, 4) is 0 Å². The summed E-state index contributed by atoms with van der Waals surface area (Å²) in [6.07, 6.45) is 6.79. The molecule has 4 heteroatoms. The molecule has 1 aromatic rings. The molecule has 0 aliphatic carbocycles. The third kappa shape index (κ3) is 3.55. The summed E-state index contributed by atoms with van der Waals surface area (Å²) < 4.78 is 1.77. The van der Waals surface area contributed by atoms with Gasteiger partial charge >= 0.3 is 0 Å². The SMILES string of the molecule is C/C=C/C(=O)NCCn1cccn1. The molecule has 0 aromatic carbocycles. The van der Waals surface area contributed by atoms with Gasteiger partial charge in [-0.15, -0.1) is 0 Å². The second-order valence-corrected chi connectivity index (χ2v) is 2.56. The highest BCUT2D eigenvalue weighted by molar-refractivity contribution is 5.87. The number of nitrogens with zero attached hydrogens (tertiary/aromatic N) is 2. The van der Waals surface area contributed by atoms with E-state index in [-0.39, 0.29) is 5.91 Å². The standard InChI is InChI=1S/C9H13N3O/c1-2-4-9(13)10-6-8-12-7-3-5-11-12/h2-5,7H,6,8H2,1H3,(H,10,13)/b4-2+. The van der Waals surface area contributed by atoms with E-state index in [1.807, 2.05) is 19.2 Å². The summed E-state index contributed by atoms with van der Waals surface area (Å²) in [5.74, 6) is -0.0605. The van der Waals surface area contributed by atoms with Crippen LogP contribution in [0.1, 0.15) is 6.92 Å². The van der Waals surface area contributed by atoms with Crippen molar-refractivity contribution < 1.29 is 4.79 Å². The summed E-state index contributed by atoms with van der Waals surface area (Å²) in [7, 11) is 0. The highest BCUT2D eigenvalue weighted by atomic mass is 16.1. The first-order valence-corrected chi connectivity index (χ1v) is 4.21. The minimum Gasteiger partial charge on any atom is -0.351 e. The predicted octanol–water partition coefficient (Wildman–Crippen LogP) is 0.575. The van der Waals surface area contributed by atoms with Gasteiger partial charge in [-0.05, 0) is 19.1 Å². The fourth-order valence-electron chi connectivity index (χ4n) is 0.937. The van der Waals surface area contributed by atoms with Crippen LogP contribution in [0.3, 0.4) is 0 Å². The van der Waals surface area contributed by atoms with Gasteiger partial charge in [0.25, 0.3) is 0 Å². The van der Waals surface area contributed by atoms with Gasteiger partial charge in [0.15, 0.2) is 0 Å². The van der Waals surface area contributed by atoms with E-state index < -0.39 is 0 Å². The summed E-state index contributed by atoms with van der Waals surface area (Å²) in [5.41, 5.74) is 0. The molecule has 0 spiro atoms. The van der Waals surface area contributed by atoms with Gasteiger partial charge in [-0.25, -0.2) is 0 Å². The average Bonchev–Trinajstić information content (AvgIpc) is 2.57. The first kappa shape index (κ1) is 9.51. The molecule has 0 saturated carbocycles.